The first-order valence-corrected chi connectivity index (χ1v) is 10.8. The first-order valence-electron chi connectivity index (χ1n) is 10.8. The normalized spacial score (nSPS) is 11.2. The molecule has 0 radical (unpaired) electrons. The number of hydrogen-bond donors (Lipinski definition) is 3. The lowest BCUT2D eigenvalue weighted by atomic mass is 10.0. The Bertz CT molecular complexity index is 955. The van der Waals surface area contributed by atoms with E-state index in [0.717, 1.165) is 12.0 Å². The number of hydrogen-bond acceptors (Lipinski definition) is 6. The molecule has 33 heavy (non-hydrogen) atoms. The molecule has 0 aliphatic carbocycles. The van der Waals surface area contributed by atoms with Gasteiger partial charge in [0.1, 0.15) is 12.6 Å². The van der Waals surface area contributed by atoms with Crippen LogP contribution < -0.4 is 16.0 Å². The van der Waals surface area contributed by atoms with Crippen molar-refractivity contribution in [1.29, 1.82) is 5.26 Å². The van der Waals surface area contributed by atoms with Gasteiger partial charge in [-0.3, -0.25) is 19.9 Å². The first kappa shape index (κ1) is 25.3. The second-order valence-corrected chi connectivity index (χ2v) is 7.83. The van der Waals surface area contributed by atoms with Gasteiger partial charge in [-0.25, -0.2) is 4.79 Å². The minimum atomic E-state index is -0.745. The summed E-state index contributed by atoms with van der Waals surface area (Å²) in [6, 6.07) is 11.2. The number of nitriles is 1. The monoisotopic (exact) mass is 451 g/mol. The number of aryl methyl sites for hydroxylation is 1. The van der Waals surface area contributed by atoms with Gasteiger partial charge in [0.05, 0.1) is 12.7 Å². The first-order chi connectivity index (χ1) is 15.9. The van der Waals surface area contributed by atoms with Crippen LogP contribution in [0.3, 0.4) is 0 Å². The molecule has 3 amide bonds. The Morgan fingerprint density at radius 2 is 1.79 bits per heavy atom. The lowest BCUT2D eigenvalue weighted by molar-refractivity contribution is -0.123. The minimum Gasteiger partial charge on any atom is -0.449 e. The molecule has 174 valence electrons. The van der Waals surface area contributed by atoms with Gasteiger partial charge in [0.2, 0.25) is 5.91 Å². The Morgan fingerprint density at radius 1 is 1.09 bits per heavy atom. The number of pyridine rings is 1. The number of ether oxygens (including phenoxy) is 1. The van der Waals surface area contributed by atoms with Crippen LogP contribution in [0.2, 0.25) is 0 Å². The summed E-state index contributed by atoms with van der Waals surface area (Å²) in [6.45, 7) is 4.04. The van der Waals surface area contributed by atoms with E-state index in [2.05, 4.69) is 20.9 Å². The maximum Gasteiger partial charge on any atom is 0.411 e. The van der Waals surface area contributed by atoms with E-state index in [4.69, 9.17) is 10.00 Å². The molecule has 1 heterocycles. The van der Waals surface area contributed by atoms with E-state index in [0.29, 0.717) is 24.1 Å². The maximum absolute atomic E-state index is 12.6. The molecular weight excluding hydrogens is 422 g/mol. The highest BCUT2D eigenvalue weighted by Gasteiger charge is 2.22. The molecule has 2 rings (SSSR count). The fourth-order valence-corrected chi connectivity index (χ4v) is 3.04. The van der Waals surface area contributed by atoms with Crippen molar-refractivity contribution in [2.45, 2.75) is 39.2 Å². The number of carbonyl (C=O) groups is 3. The zero-order valence-electron chi connectivity index (χ0n) is 18.8. The molecule has 1 aromatic heterocycles. The predicted molar refractivity (Wildman–Crippen MR) is 123 cm³/mol. The van der Waals surface area contributed by atoms with Crippen molar-refractivity contribution in [1.82, 2.24) is 15.6 Å². The number of carbonyl (C=O) groups excluding carboxylic acids is 3. The molecule has 0 bridgehead atoms. The summed E-state index contributed by atoms with van der Waals surface area (Å²) < 4.78 is 5.18. The van der Waals surface area contributed by atoms with Crippen molar-refractivity contribution in [2.75, 3.05) is 18.5 Å². The van der Waals surface area contributed by atoms with Crippen LogP contribution >= 0.6 is 0 Å². The number of aromatic nitrogens is 1. The van der Waals surface area contributed by atoms with Crippen LogP contribution in [0.1, 0.15) is 42.6 Å². The Kier molecular flexibility index (Phi) is 10.3. The van der Waals surface area contributed by atoms with Gasteiger partial charge in [0.15, 0.2) is 0 Å². The summed E-state index contributed by atoms with van der Waals surface area (Å²) in [4.78, 5) is 40.7. The van der Waals surface area contributed by atoms with E-state index in [-0.39, 0.29) is 19.1 Å². The highest BCUT2D eigenvalue weighted by atomic mass is 16.5. The molecule has 1 unspecified atom stereocenters. The molecule has 1 aromatic carbocycles. The van der Waals surface area contributed by atoms with E-state index in [1.54, 1.807) is 36.7 Å². The van der Waals surface area contributed by atoms with Crippen LogP contribution in [0, 0.1) is 17.2 Å². The summed E-state index contributed by atoms with van der Waals surface area (Å²) in [7, 11) is 0. The smallest absolute Gasteiger partial charge is 0.411 e. The number of nitrogens with one attached hydrogen (secondary N) is 3. The van der Waals surface area contributed by atoms with E-state index in [1.807, 2.05) is 32.0 Å². The van der Waals surface area contributed by atoms with Crippen LogP contribution in [-0.4, -0.2) is 42.1 Å². The van der Waals surface area contributed by atoms with Crippen LogP contribution in [0.4, 0.5) is 10.5 Å². The van der Waals surface area contributed by atoms with Crippen molar-refractivity contribution in [3.05, 3.63) is 59.9 Å². The number of anilines is 1. The van der Waals surface area contributed by atoms with Crippen molar-refractivity contribution in [3.8, 4) is 6.07 Å². The Labute approximate surface area is 193 Å². The van der Waals surface area contributed by atoms with Gasteiger partial charge in [0, 0.05) is 23.6 Å². The molecule has 2 aromatic rings. The minimum absolute atomic E-state index is 0.122. The lowest BCUT2D eigenvalue weighted by Gasteiger charge is -2.19. The van der Waals surface area contributed by atoms with Gasteiger partial charge in [-0.1, -0.05) is 13.8 Å². The van der Waals surface area contributed by atoms with Gasteiger partial charge in [-0.2, -0.15) is 5.26 Å². The second-order valence-electron chi connectivity index (χ2n) is 7.83. The molecule has 3 N–H and O–H groups in total. The molecule has 0 aliphatic rings. The van der Waals surface area contributed by atoms with Crippen LogP contribution in [0.25, 0.3) is 0 Å². The zero-order chi connectivity index (χ0) is 24.1. The molecule has 0 saturated carbocycles. The highest BCUT2D eigenvalue weighted by Crippen LogP contribution is 2.12. The van der Waals surface area contributed by atoms with Gasteiger partial charge in [0.25, 0.3) is 5.91 Å². The van der Waals surface area contributed by atoms with Crippen LogP contribution in [-0.2, 0) is 16.0 Å². The Morgan fingerprint density at radius 3 is 2.42 bits per heavy atom. The predicted octanol–water partition coefficient (Wildman–Crippen LogP) is 3.05. The summed E-state index contributed by atoms with van der Waals surface area (Å²) in [5.74, 6) is -0.646. The third-order valence-electron chi connectivity index (χ3n) is 4.66. The molecule has 0 aliphatic heterocycles. The summed E-state index contributed by atoms with van der Waals surface area (Å²) in [5, 5.41) is 16.4. The van der Waals surface area contributed by atoms with Gasteiger partial charge < -0.3 is 15.4 Å². The highest BCUT2D eigenvalue weighted by molar-refractivity contribution is 5.98. The van der Waals surface area contributed by atoms with Crippen molar-refractivity contribution in [2.24, 2.45) is 5.92 Å². The van der Waals surface area contributed by atoms with Gasteiger partial charge in [-0.05, 0) is 67.1 Å². The molecule has 0 spiro atoms. The van der Waals surface area contributed by atoms with Crippen molar-refractivity contribution >= 4 is 23.6 Å². The molecule has 0 fully saturated rings. The molecule has 0 saturated heterocycles. The fourth-order valence-electron chi connectivity index (χ4n) is 3.04. The number of amides is 3. The van der Waals surface area contributed by atoms with Crippen LogP contribution in [0.15, 0.2) is 48.8 Å². The average molecular weight is 452 g/mol. The summed E-state index contributed by atoms with van der Waals surface area (Å²) in [5.41, 5.74) is 1.95. The van der Waals surface area contributed by atoms with Crippen LogP contribution in [0.5, 0.6) is 0 Å². The van der Waals surface area contributed by atoms with E-state index < -0.39 is 23.9 Å². The van der Waals surface area contributed by atoms with E-state index in [9.17, 15) is 14.4 Å². The van der Waals surface area contributed by atoms with E-state index >= 15 is 0 Å². The maximum atomic E-state index is 12.6. The van der Waals surface area contributed by atoms with E-state index in [1.165, 1.54) is 0 Å². The molecule has 9 heteroatoms. The number of nitrogens with zero attached hydrogens (tertiary/aromatic N) is 2. The number of benzene rings is 1. The summed E-state index contributed by atoms with van der Waals surface area (Å²) >= 11 is 0. The standard InChI is InChI=1S/C24H29N5O4/c1-17(2)16-21(23(31)27-14-11-25)29-22(30)19-5-7-20(8-6-19)28-24(32)33-15-3-4-18-9-12-26-13-10-18/h5-10,12-13,17,21H,3-4,14-16H2,1-2H3,(H,27,31)(H,28,32)(H,29,30). The number of rotatable bonds is 11. The lowest BCUT2D eigenvalue weighted by Crippen LogP contribution is -2.47. The summed E-state index contributed by atoms with van der Waals surface area (Å²) in [6.07, 6.45) is 4.78. The van der Waals surface area contributed by atoms with Crippen molar-refractivity contribution in [3.63, 3.8) is 0 Å². The average Bonchev–Trinajstić information content (AvgIpc) is 2.80. The topological polar surface area (TPSA) is 133 Å². The van der Waals surface area contributed by atoms with Gasteiger partial charge >= 0.3 is 6.09 Å². The zero-order valence-corrected chi connectivity index (χ0v) is 18.8. The Hall–Kier alpha value is -3.93. The second kappa shape index (κ2) is 13.5. The van der Waals surface area contributed by atoms with Gasteiger partial charge in [-0.15, -0.1) is 0 Å². The van der Waals surface area contributed by atoms with Crippen molar-refractivity contribution < 1.29 is 19.1 Å². The third-order valence-corrected chi connectivity index (χ3v) is 4.66. The third kappa shape index (κ3) is 9.39. The Balaban J connectivity index is 1.82. The largest absolute Gasteiger partial charge is 0.449 e. The molecule has 1 atom stereocenters. The SMILES string of the molecule is CC(C)CC(NC(=O)c1ccc(NC(=O)OCCCc2ccncc2)cc1)C(=O)NCC#N. The fraction of sp³-hybridized carbons (Fsp3) is 0.375. The molecular formula is C24H29N5O4. The quantitative estimate of drug-likeness (QED) is 0.355. The molecule has 9 nitrogen and oxygen atoms in total.